The number of carbonyl (C=O) groups excluding carboxylic acids is 1. The maximum Gasteiger partial charge on any atom is 0.267 e. The van der Waals surface area contributed by atoms with E-state index in [9.17, 15) is 9.90 Å². The molecule has 0 aliphatic carbocycles. The number of carbonyl (C=O) groups is 1. The van der Waals surface area contributed by atoms with Gasteiger partial charge in [0.1, 0.15) is 5.69 Å². The largest absolute Gasteiger partial charge is 0.391 e. The minimum atomic E-state index is -0.563. The van der Waals surface area contributed by atoms with Gasteiger partial charge in [0.25, 0.3) is 5.91 Å². The highest BCUT2D eigenvalue weighted by molar-refractivity contribution is 7.09. The van der Waals surface area contributed by atoms with Crippen molar-refractivity contribution < 1.29 is 14.6 Å². The van der Waals surface area contributed by atoms with Gasteiger partial charge in [-0.1, -0.05) is 0 Å². The fraction of sp³-hybridized carbons (Fsp3) is 0.429. The number of hydrogen-bond donors (Lipinski definition) is 3. The maximum atomic E-state index is 12.0. The minimum Gasteiger partial charge on any atom is -0.391 e. The summed E-state index contributed by atoms with van der Waals surface area (Å²) in [6, 6.07) is 1.77. The van der Waals surface area contributed by atoms with Crippen LogP contribution >= 0.6 is 11.3 Å². The molecular formula is C14H19N3O3S. The van der Waals surface area contributed by atoms with Crippen LogP contribution in [0.3, 0.4) is 0 Å². The molecule has 21 heavy (non-hydrogen) atoms. The number of nitrogens with one attached hydrogen (secondary N) is 2. The lowest BCUT2D eigenvalue weighted by atomic mass is 10.2. The Morgan fingerprint density at radius 3 is 3.10 bits per heavy atom. The summed E-state index contributed by atoms with van der Waals surface area (Å²) in [6.45, 7) is 2.61. The van der Waals surface area contributed by atoms with E-state index in [4.69, 9.17) is 4.74 Å². The van der Waals surface area contributed by atoms with Crippen molar-refractivity contribution in [2.24, 2.45) is 0 Å². The third-order valence-electron chi connectivity index (χ3n) is 2.96. The normalized spacial score (nSPS) is 12.3. The van der Waals surface area contributed by atoms with E-state index >= 15 is 0 Å². The van der Waals surface area contributed by atoms with E-state index in [1.165, 1.54) is 7.11 Å². The van der Waals surface area contributed by atoms with E-state index in [0.717, 1.165) is 16.3 Å². The number of rotatable bonds is 7. The van der Waals surface area contributed by atoms with E-state index in [0.29, 0.717) is 18.7 Å². The number of thiazole rings is 1. The molecule has 2 aromatic rings. The standard InChI is InChI=1S/C14H19N3O3S/c1-9-17-13(8-21-9)10-5-12(16-6-10)14(19)15-4-3-11(18)7-20-2/h5-6,8,11,16,18H,3-4,7H2,1-2H3,(H,15,19). The van der Waals surface area contributed by atoms with Gasteiger partial charge in [-0.05, 0) is 19.4 Å². The number of ether oxygens (including phenoxy) is 1. The lowest BCUT2D eigenvalue weighted by Crippen LogP contribution is -2.28. The molecule has 1 unspecified atom stereocenters. The second-order valence-corrected chi connectivity index (χ2v) is 5.77. The van der Waals surface area contributed by atoms with Gasteiger partial charge < -0.3 is 20.1 Å². The number of aromatic amines is 1. The van der Waals surface area contributed by atoms with Crippen LogP contribution in [0.15, 0.2) is 17.6 Å². The summed E-state index contributed by atoms with van der Waals surface area (Å²) in [7, 11) is 1.53. The first kappa shape index (κ1) is 15.7. The van der Waals surface area contributed by atoms with Gasteiger partial charge >= 0.3 is 0 Å². The first-order chi connectivity index (χ1) is 10.1. The fourth-order valence-electron chi connectivity index (χ4n) is 1.89. The van der Waals surface area contributed by atoms with Crippen molar-refractivity contribution in [2.45, 2.75) is 19.4 Å². The Labute approximate surface area is 127 Å². The van der Waals surface area contributed by atoms with Crippen LogP contribution < -0.4 is 5.32 Å². The second kappa shape index (κ2) is 7.35. The molecule has 0 bridgehead atoms. The molecular weight excluding hydrogens is 290 g/mol. The van der Waals surface area contributed by atoms with Crippen LogP contribution in [-0.2, 0) is 4.74 Å². The Hall–Kier alpha value is -1.70. The van der Waals surface area contributed by atoms with Gasteiger partial charge in [-0.15, -0.1) is 11.3 Å². The van der Waals surface area contributed by atoms with Gasteiger partial charge in [0.05, 0.1) is 23.4 Å². The number of methoxy groups -OCH3 is 1. The van der Waals surface area contributed by atoms with Crippen LogP contribution in [0.5, 0.6) is 0 Å². The van der Waals surface area contributed by atoms with Crippen molar-refractivity contribution in [1.82, 2.24) is 15.3 Å². The molecule has 2 heterocycles. The Morgan fingerprint density at radius 1 is 1.62 bits per heavy atom. The quantitative estimate of drug-likeness (QED) is 0.724. The summed E-state index contributed by atoms with van der Waals surface area (Å²) in [6.07, 6.45) is 1.66. The van der Waals surface area contributed by atoms with E-state index < -0.39 is 6.10 Å². The molecule has 0 aromatic carbocycles. The number of aryl methyl sites for hydroxylation is 1. The Bertz CT molecular complexity index is 594. The van der Waals surface area contributed by atoms with Crippen LogP contribution in [0, 0.1) is 6.92 Å². The number of H-pyrrole nitrogens is 1. The number of aliphatic hydroxyl groups excluding tert-OH is 1. The molecule has 3 N–H and O–H groups in total. The Kier molecular flexibility index (Phi) is 5.49. The molecule has 1 amide bonds. The van der Waals surface area contributed by atoms with Crippen LogP contribution in [0.1, 0.15) is 21.9 Å². The smallest absolute Gasteiger partial charge is 0.267 e. The van der Waals surface area contributed by atoms with Crippen LogP contribution in [-0.4, -0.2) is 47.3 Å². The average molecular weight is 309 g/mol. The summed E-state index contributed by atoms with van der Waals surface area (Å²) in [4.78, 5) is 19.3. The first-order valence-electron chi connectivity index (χ1n) is 6.66. The highest BCUT2D eigenvalue weighted by Gasteiger charge is 2.11. The zero-order valence-corrected chi connectivity index (χ0v) is 12.9. The number of aliphatic hydroxyl groups is 1. The molecule has 0 aliphatic heterocycles. The number of aromatic nitrogens is 2. The summed E-state index contributed by atoms with van der Waals surface area (Å²) in [5.41, 5.74) is 2.24. The topological polar surface area (TPSA) is 87.2 Å². The molecule has 2 aromatic heterocycles. The molecule has 0 radical (unpaired) electrons. The number of hydrogen-bond acceptors (Lipinski definition) is 5. The lowest BCUT2D eigenvalue weighted by molar-refractivity contribution is 0.0587. The number of nitrogens with zero attached hydrogens (tertiary/aromatic N) is 1. The fourth-order valence-corrected chi connectivity index (χ4v) is 2.51. The molecule has 0 fully saturated rings. The molecule has 0 saturated carbocycles. The van der Waals surface area contributed by atoms with Crippen LogP contribution in [0.2, 0.25) is 0 Å². The van der Waals surface area contributed by atoms with Gasteiger partial charge in [0.15, 0.2) is 0 Å². The third-order valence-corrected chi connectivity index (χ3v) is 3.74. The predicted molar refractivity (Wildman–Crippen MR) is 81.5 cm³/mol. The van der Waals surface area contributed by atoms with Gasteiger partial charge in [-0.3, -0.25) is 4.79 Å². The van der Waals surface area contributed by atoms with Gasteiger partial charge in [-0.25, -0.2) is 4.98 Å². The summed E-state index contributed by atoms with van der Waals surface area (Å²) < 4.78 is 4.83. The van der Waals surface area contributed by atoms with E-state index in [2.05, 4.69) is 15.3 Å². The van der Waals surface area contributed by atoms with Crippen LogP contribution in [0.4, 0.5) is 0 Å². The second-order valence-electron chi connectivity index (χ2n) is 4.71. The highest BCUT2D eigenvalue weighted by Crippen LogP contribution is 2.22. The zero-order chi connectivity index (χ0) is 15.2. The predicted octanol–water partition coefficient (Wildman–Crippen LogP) is 1.57. The Balaban J connectivity index is 1.87. The van der Waals surface area contributed by atoms with Gasteiger partial charge in [-0.2, -0.15) is 0 Å². The van der Waals surface area contributed by atoms with E-state index in [1.54, 1.807) is 23.6 Å². The minimum absolute atomic E-state index is 0.196. The van der Waals surface area contributed by atoms with Crippen molar-refractivity contribution in [3.63, 3.8) is 0 Å². The zero-order valence-electron chi connectivity index (χ0n) is 12.0. The van der Waals surface area contributed by atoms with Crippen molar-refractivity contribution in [3.8, 4) is 11.3 Å². The van der Waals surface area contributed by atoms with Crippen molar-refractivity contribution in [1.29, 1.82) is 0 Å². The molecule has 0 saturated heterocycles. The SMILES string of the molecule is COCC(O)CCNC(=O)c1cc(-c2csc(C)n2)c[nH]1. The molecule has 0 spiro atoms. The molecule has 1 atom stereocenters. The molecule has 7 heteroatoms. The van der Waals surface area contributed by atoms with Crippen molar-refractivity contribution in [2.75, 3.05) is 20.3 Å². The molecule has 2 rings (SSSR count). The summed E-state index contributed by atoms with van der Waals surface area (Å²) >= 11 is 1.57. The van der Waals surface area contributed by atoms with Gasteiger partial charge in [0, 0.05) is 30.8 Å². The monoisotopic (exact) mass is 309 g/mol. The third kappa shape index (κ3) is 4.38. The molecule has 6 nitrogen and oxygen atoms in total. The molecule has 114 valence electrons. The van der Waals surface area contributed by atoms with Crippen molar-refractivity contribution in [3.05, 3.63) is 28.3 Å². The van der Waals surface area contributed by atoms with Crippen LogP contribution in [0.25, 0.3) is 11.3 Å². The summed E-state index contributed by atoms with van der Waals surface area (Å²) in [5, 5.41) is 15.2. The first-order valence-corrected chi connectivity index (χ1v) is 7.54. The van der Waals surface area contributed by atoms with Crippen molar-refractivity contribution >= 4 is 17.2 Å². The highest BCUT2D eigenvalue weighted by atomic mass is 32.1. The molecule has 0 aliphatic rings. The van der Waals surface area contributed by atoms with E-state index in [1.807, 2.05) is 12.3 Å². The summed E-state index contributed by atoms with van der Waals surface area (Å²) in [5.74, 6) is -0.196. The lowest BCUT2D eigenvalue weighted by Gasteiger charge is -2.09. The van der Waals surface area contributed by atoms with E-state index in [-0.39, 0.29) is 12.5 Å². The van der Waals surface area contributed by atoms with Gasteiger partial charge in [0.2, 0.25) is 0 Å². The number of amides is 1. The maximum absolute atomic E-state index is 12.0. The average Bonchev–Trinajstić information content (AvgIpc) is 3.07. The Morgan fingerprint density at radius 2 is 2.43 bits per heavy atom.